The van der Waals surface area contributed by atoms with Crippen molar-refractivity contribution < 1.29 is 24.5 Å². The molecule has 112 valence electrons. The number of anilines is 2. The average Bonchev–Trinajstić information content (AvgIpc) is 2.48. The zero-order chi connectivity index (χ0) is 15.2. The first kappa shape index (κ1) is 14.9. The van der Waals surface area contributed by atoms with Gasteiger partial charge in [-0.2, -0.15) is 0 Å². The summed E-state index contributed by atoms with van der Waals surface area (Å²) in [4.78, 5) is 23.6. The minimum atomic E-state index is -1.49. The molecule has 0 radical (unpaired) electrons. The predicted molar refractivity (Wildman–Crippen MR) is 76.5 cm³/mol. The minimum Gasteiger partial charge on any atom is -0.477 e. The summed E-state index contributed by atoms with van der Waals surface area (Å²) >= 11 is 0. The van der Waals surface area contributed by atoms with Crippen LogP contribution in [-0.2, 0) is 14.3 Å². The highest BCUT2D eigenvalue weighted by Crippen LogP contribution is 2.19. The Kier molecular flexibility index (Phi) is 4.78. The summed E-state index contributed by atoms with van der Waals surface area (Å²) in [5.74, 6) is -2.97. The van der Waals surface area contributed by atoms with Crippen molar-refractivity contribution in [3.05, 3.63) is 36.0 Å². The maximum absolute atomic E-state index is 10.7. The van der Waals surface area contributed by atoms with E-state index < -0.39 is 17.5 Å². The summed E-state index contributed by atoms with van der Waals surface area (Å²) in [6.07, 6.45) is 0.967. The standard InChI is InChI=1S/C14H16N2O5/c17-13(18)12(14(19)20)9-15-10-1-3-11(4-2-10)16-5-7-21-8-6-16/h1-4,9,15H,5-8H2,(H,17,18)(H,19,20). The van der Waals surface area contributed by atoms with Gasteiger partial charge in [0.1, 0.15) is 0 Å². The third-order valence-electron chi connectivity index (χ3n) is 3.09. The first-order valence-electron chi connectivity index (χ1n) is 6.44. The fourth-order valence-corrected chi connectivity index (χ4v) is 1.96. The van der Waals surface area contributed by atoms with E-state index >= 15 is 0 Å². The van der Waals surface area contributed by atoms with Crippen molar-refractivity contribution in [2.24, 2.45) is 0 Å². The number of hydrogen-bond donors (Lipinski definition) is 3. The molecule has 7 nitrogen and oxygen atoms in total. The van der Waals surface area contributed by atoms with Gasteiger partial charge in [0.15, 0.2) is 5.57 Å². The van der Waals surface area contributed by atoms with Gasteiger partial charge >= 0.3 is 11.9 Å². The smallest absolute Gasteiger partial charge is 0.344 e. The molecule has 0 spiro atoms. The maximum Gasteiger partial charge on any atom is 0.344 e. The molecule has 1 saturated heterocycles. The Hall–Kier alpha value is -2.54. The number of benzene rings is 1. The number of aliphatic carboxylic acids is 2. The third kappa shape index (κ3) is 3.96. The Morgan fingerprint density at radius 3 is 2.19 bits per heavy atom. The van der Waals surface area contributed by atoms with E-state index in [1.807, 2.05) is 12.1 Å². The fraction of sp³-hybridized carbons (Fsp3) is 0.286. The van der Waals surface area contributed by atoms with Gasteiger partial charge in [-0.15, -0.1) is 0 Å². The molecule has 3 N–H and O–H groups in total. The summed E-state index contributed by atoms with van der Waals surface area (Å²) in [7, 11) is 0. The predicted octanol–water partition coefficient (Wildman–Crippen LogP) is 0.988. The molecule has 1 heterocycles. The van der Waals surface area contributed by atoms with Crippen molar-refractivity contribution in [2.75, 3.05) is 36.5 Å². The molecule has 0 atom stereocenters. The van der Waals surface area contributed by atoms with Crippen LogP contribution in [0.3, 0.4) is 0 Å². The Bertz CT molecular complexity index is 531. The molecular weight excluding hydrogens is 276 g/mol. The minimum absolute atomic E-state index is 0.618. The van der Waals surface area contributed by atoms with Crippen molar-refractivity contribution in [1.82, 2.24) is 0 Å². The quantitative estimate of drug-likeness (QED) is 0.423. The van der Waals surface area contributed by atoms with Crippen molar-refractivity contribution in [2.45, 2.75) is 0 Å². The van der Waals surface area contributed by atoms with Crippen LogP contribution in [0, 0.1) is 0 Å². The van der Waals surface area contributed by atoms with Gasteiger partial charge in [-0.05, 0) is 24.3 Å². The summed E-state index contributed by atoms with van der Waals surface area (Å²) in [6.45, 7) is 3.05. The topological polar surface area (TPSA) is 99.1 Å². The van der Waals surface area contributed by atoms with Crippen LogP contribution in [0.1, 0.15) is 0 Å². The lowest BCUT2D eigenvalue weighted by Crippen LogP contribution is -2.36. The van der Waals surface area contributed by atoms with Gasteiger partial charge in [0.05, 0.1) is 13.2 Å². The Labute approximate surface area is 121 Å². The van der Waals surface area contributed by atoms with Crippen LogP contribution < -0.4 is 10.2 Å². The average molecular weight is 292 g/mol. The summed E-state index contributed by atoms with van der Waals surface area (Å²) in [5, 5.41) is 20.1. The van der Waals surface area contributed by atoms with Gasteiger partial charge in [0.25, 0.3) is 0 Å². The lowest BCUT2D eigenvalue weighted by Gasteiger charge is -2.28. The summed E-state index contributed by atoms with van der Waals surface area (Å²) in [6, 6.07) is 7.32. The van der Waals surface area contributed by atoms with Crippen molar-refractivity contribution in [1.29, 1.82) is 0 Å². The molecule has 0 aromatic heterocycles. The number of carboxylic acid groups (broad SMARTS) is 2. The molecule has 0 unspecified atom stereocenters. The number of carbonyl (C=O) groups is 2. The Morgan fingerprint density at radius 2 is 1.67 bits per heavy atom. The Morgan fingerprint density at radius 1 is 1.10 bits per heavy atom. The van der Waals surface area contributed by atoms with Gasteiger partial charge in [-0.3, -0.25) is 0 Å². The van der Waals surface area contributed by atoms with E-state index in [2.05, 4.69) is 10.2 Å². The zero-order valence-electron chi connectivity index (χ0n) is 11.3. The first-order chi connectivity index (χ1) is 10.1. The second kappa shape index (κ2) is 6.76. The molecular formula is C14H16N2O5. The van der Waals surface area contributed by atoms with Crippen LogP contribution in [0.4, 0.5) is 11.4 Å². The normalized spacial score (nSPS) is 14.4. The van der Waals surface area contributed by atoms with Crippen molar-refractivity contribution >= 4 is 23.3 Å². The van der Waals surface area contributed by atoms with Gasteiger partial charge in [-0.25, -0.2) is 9.59 Å². The highest BCUT2D eigenvalue weighted by Gasteiger charge is 2.15. The molecule has 1 aromatic rings. The van der Waals surface area contributed by atoms with Gasteiger partial charge in [0, 0.05) is 30.7 Å². The number of rotatable bonds is 5. The maximum atomic E-state index is 10.7. The SMILES string of the molecule is O=C(O)C(=CNc1ccc(N2CCOCC2)cc1)C(=O)O. The van der Waals surface area contributed by atoms with Crippen molar-refractivity contribution in [3.63, 3.8) is 0 Å². The second-order valence-electron chi connectivity index (χ2n) is 4.46. The van der Waals surface area contributed by atoms with Gasteiger partial charge in [-0.1, -0.05) is 0 Å². The lowest BCUT2D eigenvalue weighted by molar-refractivity contribution is -0.140. The fourth-order valence-electron chi connectivity index (χ4n) is 1.96. The van der Waals surface area contributed by atoms with Crippen LogP contribution in [0.15, 0.2) is 36.0 Å². The number of carboxylic acids is 2. The first-order valence-corrected chi connectivity index (χ1v) is 6.44. The van der Waals surface area contributed by atoms with E-state index in [-0.39, 0.29) is 0 Å². The number of nitrogens with zero attached hydrogens (tertiary/aromatic N) is 1. The number of nitrogens with one attached hydrogen (secondary N) is 1. The highest BCUT2D eigenvalue weighted by atomic mass is 16.5. The number of hydrogen-bond acceptors (Lipinski definition) is 5. The molecule has 21 heavy (non-hydrogen) atoms. The highest BCUT2D eigenvalue weighted by molar-refractivity contribution is 6.12. The van der Waals surface area contributed by atoms with Gasteiger partial charge < -0.3 is 25.2 Å². The van der Waals surface area contributed by atoms with E-state index in [1.165, 1.54) is 0 Å². The van der Waals surface area contributed by atoms with E-state index in [9.17, 15) is 9.59 Å². The van der Waals surface area contributed by atoms with Crippen LogP contribution in [0.25, 0.3) is 0 Å². The molecule has 2 rings (SSSR count). The number of ether oxygens (including phenoxy) is 1. The van der Waals surface area contributed by atoms with Gasteiger partial charge in [0.2, 0.25) is 0 Å². The van der Waals surface area contributed by atoms with Crippen molar-refractivity contribution in [3.8, 4) is 0 Å². The molecule has 7 heteroatoms. The molecule has 1 fully saturated rings. The van der Waals surface area contributed by atoms with Crippen LogP contribution in [0.2, 0.25) is 0 Å². The molecule has 0 aliphatic carbocycles. The van der Waals surface area contributed by atoms with Crippen LogP contribution in [-0.4, -0.2) is 48.5 Å². The lowest BCUT2D eigenvalue weighted by atomic mass is 10.2. The Balaban J connectivity index is 2.03. The third-order valence-corrected chi connectivity index (χ3v) is 3.09. The molecule has 0 bridgehead atoms. The molecule has 0 amide bonds. The second-order valence-corrected chi connectivity index (χ2v) is 4.46. The monoisotopic (exact) mass is 292 g/mol. The van der Waals surface area contributed by atoms with E-state index in [0.29, 0.717) is 18.9 Å². The number of morpholine rings is 1. The zero-order valence-corrected chi connectivity index (χ0v) is 11.3. The van der Waals surface area contributed by atoms with E-state index in [4.69, 9.17) is 14.9 Å². The molecule has 1 aliphatic rings. The molecule has 0 saturated carbocycles. The van der Waals surface area contributed by atoms with E-state index in [0.717, 1.165) is 25.0 Å². The molecule has 1 aromatic carbocycles. The summed E-state index contributed by atoms with van der Waals surface area (Å²) < 4.78 is 5.28. The van der Waals surface area contributed by atoms with Crippen LogP contribution in [0.5, 0.6) is 0 Å². The largest absolute Gasteiger partial charge is 0.477 e. The summed E-state index contributed by atoms with van der Waals surface area (Å²) in [5.41, 5.74) is 0.948. The van der Waals surface area contributed by atoms with Crippen LogP contribution >= 0.6 is 0 Å². The van der Waals surface area contributed by atoms with E-state index in [1.54, 1.807) is 12.1 Å². The molecule has 1 aliphatic heterocycles.